The van der Waals surface area contributed by atoms with Crippen molar-refractivity contribution in [1.82, 2.24) is 23.9 Å². The Morgan fingerprint density at radius 1 is 1.10 bits per heavy atom. The highest BCUT2D eigenvalue weighted by molar-refractivity contribution is 7.57. The fourth-order valence-corrected chi connectivity index (χ4v) is 3.82. The van der Waals surface area contributed by atoms with Gasteiger partial charge < -0.3 is 5.73 Å². The quantitative estimate of drug-likeness (QED) is 0.863. The molecular weight excluding hydrogens is 275 g/mol. The Bertz CT molecular complexity index is 625. The zero-order valence-corrected chi connectivity index (χ0v) is 13.0. The van der Waals surface area contributed by atoms with Crippen molar-refractivity contribution in [3.8, 4) is 11.4 Å². The molecule has 1 aromatic carbocycles. The molecule has 2 rings (SSSR count). The average Bonchev–Trinajstić information content (AvgIpc) is 2.80. The predicted molar refractivity (Wildman–Crippen MR) is 80.2 cm³/mol. The molecule has 1 aromatic heterocycles. The van der Waals surface area contributed by atoms with Crippen LogP contribution in [0.2, 0.25) is 0 Å². The van der Waals surface area contributed by atoms with Gasteiger partial charge in [0.25, 0.3) is 0 Å². The number of benzene rings is 1. The summed E-state index contributed by atoms with van der Waals surface area (Å²) >= 11 is 0. The molecule has 0 atom stereocenters. The molecule has 0 aliphatic rings. The van der Waals surface area contributed by atoms with E-state index in [1.54, 1.807) is 37.5 Å². The first-order valence-corrected chi connectivity index (χ1v) is 7.68. The molecular formula is C12H19N6OP. The van der Waals surface area contributed by atoms with E-state index in [2.05, 4.69) is 10.1 Å². The number of anilines is 1. The van der Waals surface area contributed by atoms with E-state index in [-0.39, 0.29) is 5.95 Å². The van der Waals surface area contributed by atoms with Crippen molar-refractivity contribution in [2.75, 3.05) is 33.9 Å². The highest BCUT2D eigenvalue weighted by Gasteiger charge is 2.34. The zero-order chi connectivity index (χ0) is 14.9. The number of nitrogens with zero attached hydrogens (tertiary/aromatic N) is 5. The minimum Gasteiger partial charge on any atom is -0.368 e. The number of aromatic nitrogens is 3. The van der Waals surface area contributed by atoms with Crippen LogP contribution in [-0.2, 0) is 4.57 Å². The van der Waals surface area contributed by atoms with Gasteiger partial charge in [-0.3, -0.25) is 4.57 Å². The number of nitrogen functional groups attached to an aromatic ring is 1. The van der Waals surface area contributed by atoms with Gasteiger partial charge in [0.15, 0.2) is 5.82 Å². The summed E-state index contributed by atoms with van der Waals surface area (Å²) in [4.78, 5) is 4.22. The maximum Gasteiger partial charge on any atom is 0.332 e. The van der Waals surface area contributed by atoms with Crippen molar-refractivity contribution in [3.05, 3.63) is 30.3 Å². The van der Waals surface area contributed by atoms with Gasteiger partial charge in [-0.15, -0.1) is 5.10 Å². The van der Waals surface area contributed by atoms with E-state index in [9.17, 15) is 4.57 Å². The van der Waals surface area contributed by atoms with Gasteiger partial charge in [0, 0.05) is 5.56 Å². The molecule has 0 saturated carbocycles. The molecule has 0 fully saturated rings. The first kappa shape index (κ1) is 14.7. The monoisotopic (exact) mass is 294 g/mol. The molecule has 2 aromatic rings. The molecule has 2 N–H and O–H groups in total. The highest BCUT2D eigenvalue weighted by atomic mass is 31.2. The molecule has 0 unspecified atom stereocenters. The maximum absolute atomic E-state index is 13.1. The van der Waals surface area contributed by atoms with E-state index in [0.29, 0.717) is 5.82 Å². The molecule has 7 nitrogen and oxygen atoms in total. The van der Waals surface area contributed by atoms with Crippen LogP contribution in [0.5, 0.6) is 0 Å². The summed E-state index contributed by atoms with van der Waals surface area (Å²) in [5.41, 5.74) is 6.74. The van der Waals surface area contributed by atoms with Gasteiger partial charge in [-0.2, -0.15) is 9.44 Å². The smallest absolute Gasteiger partial charge is 0.332 e. The molecule has 0 bridgehead atoms. The van der Waals surface area contributed by atoms with Gasteiger partial charge in [0.05, 0.1) is 0 Å². The van der Waals surface area contributed by atoms with Gasteiger partial charge in [-0.05, 0) is 28.2 Å². The Morgan fingerprint density at radius 2 is 1.65 bits per heavy atom. The second kappa shape index (κ2) is 5.36. The first-order valence-electron chi connectivity index (χ1n) is 6.12. The Morgan fingerprint density at radius 3 is 2.15 bits per heavy atom. The number of nitrogens with two attached hydrogens (primary N) is 1. The van der Waals surface area contributed by atoms with Crippen LogP contribution < -0.4 is 5.73 Å². The molecule has 0 amide bonds. The summed E-state index contributed by atoms with van der Waals surface area (Å²) in [6.45, 7) is 0. The minimum atomic E-state index is -3.07. The summed E-state index contributed by atoms with van der Waals surface area (Å²) in [5, 5.41) is 4.33. The lowest BCUT2D eigenvalue weighted by molar-refractivity contribution is 0.431. The van der Waals surface area contributed by atoms with Crippen LogP contribution >= 0.6 is 7.59 Å². The SMILES string of the molecule is CN(C)P(=O)(N(C)C)n1nc(-c2ccccc2)nc1N. The molecule has 0 saturated heterocycles. The van der Waals surface area contributed by atoms with Gasteiger partial charge in [-0.1, -0.05) is 30.3 Å². The lowest BCUT2D eigenvalue weighted by atomic mass is 10.2. The minimum absolute atomic E-state index is 0.134. The first-order chi connectivity index (χ1) is 9.37. The molecule has 108 valence electrons. The molecule has 20 heavy (non-hydrogen) atoms. The van der Waals surface area contributed by atoms with Crippen LogP contribution in [0.15, 0.2) is 30.3 Å². The summed E-state index contributed by atoms with van der Waals surface area (Å²) in [6.07, 6.45) is 0. The molecule has 0 radical (unpaired) electrons. The Hall–Kier alpha value is -1.69. The standard InChI is InChI=1S/C12H19N6OP/c1-16(2)20(19,17(3)4)18-12(13)14-11(15-18)10-8-6-5-7-9-10/h5-9H,1-4H3,(H2,13,14,15). The lowest BCUT2D eigenvalue weighted by Crippen LogP contribution is -2.27. The van der Waals surface area contributed by atoms with Gasteiger partial charge in [0.1, 0.15) is 0 Å². The largest absolute Gasteiger partial charge is 0.368 e. The van der Waals surface area contributed by atoms with Crippen LogP contribution in [0, 0.1) is 0 Å². The van der Waals surface area contributed by atoms with Crippen molar-refractivity contribution >= 4 is 13.5 Å². The van der Waals surface area contributed by atoms with Crippen LogP contribution in [0.1, 0.15) is 0 Å². The highest BCUT2D eigenvalue weighted by Crippen LogP contribution is 2.51. The molecule has 1 heterocycles. The zero-order valence-electron chi connectivity index (χ0n) is 12.1. The molecule has 0 aliphatic heterocycles. The Labute approximate surface area is 118 Å². The van der Waals surface area contributed by atoms with Crippen LogP contribution in [0.4, 0.5) is 5.95 Å². The Kier molecular flexibility index (Phi) is 3.94. The summed E-state index contributed by atoms with van der Waals surface area (Å²) in [5.74, 6) is 0.599. The second-order valence-electron chi connectivity index (χ2n) is 4.76. The third kappa shape index (κ3) is 2.35. The third-order valence-electron chi connectivity index (χ3n) is 2.94. The number of hydrogen-bond donors (Lipinski definition) is 1. The van der Waals surface area contributed by atoms with E-state index in [0.717, 1.165) is 5.56 Å². The van der Waals surface area contributed by atoms with Crippen molar-refractivity contribution in [3.63, 3.8) is 0 Å². The summed E-state index contributed by atoms with van der Waals surface area (Å²) in [6, 6.07) is 9.46. The van der Waals surface area contributed by atoms with Crippen LogP contribution in [0.25, 0.3) is 11.4 Å². The van der Waals surface area contributed by atoms with Crippen LogP contribution in [-0.4, -0.2) is 52.1 Å². The Balaban J connectivity index is 2.55. The number of rotatable bonds is 4. The summed E-state index contributed by atoms with van der Waals surface area (Å²) in [7, 11) is 3.84. The molecule has 8 heteroatoms. The van der Waals surface area contributed by atoms with E-state index >= 15 is 0 Å². The van der Waals surface area contributed by atoms with Gasteiger partial charge in [-0.25, -0.2) is 9.34 Å². The van der Waals surface area contributed by atoms with Crippen molar-refractivity contribution in [1.29, 1.82) is 0 Å². The normalized spacial score (nSPS) is 12.3. The average molecular weight is 294 g/mol. The fourth-order valence-electron chi connectivity index (χ4n) is 1.91. The topological polar surface area (TPSA) is 80.3 Å². The maximum atomic E-state index is 13.1. The van der Waals surface area contributed by atoms with Crippen molar-refractivity contribution in [2.45, 2.75) is 0 Å². The third-order valence-corrected chi connectivity index (χ3v) is 5.81. The van der Waals surface area contributed by atoms with E-state index in [4.69, 9.17) is 5.73 Å². The van der Waals surface area contributed by atoms with Crippen molar-refractivity contribution in [2.24, 2.45) is 0 Å². The van der Waals surface area contributed by atoms with Crippen molar-refractivity contribution < 1.29 is 4.57 Å². The summed E-state index contributed by atoms with van der Waals surface area (Å²) < 4.78 is 17.6. The van der Waals surface area contributed by atoms with E-state index in [1.165, 1.54) is 4.45 Å². The van der Waals surface area contributed by atoms with E-state index < -0.39 is 7.59 Å². The van der Waals surface area contributed by atoms with E-state index in [1.807, 2.05) is 30.3 Å². The predicted octanol–water partition coefficient (Wildman–Crippen LogP) is 1.61. The second-order valence-corrected chi connectivity index (χ2v) is 7.76. The van der Waals surface area contributed by atoms with Crippen LogP contribution in [0.3, 0.4) is 0 Å². The molecule has 0 aliphatic carbocycles. The van der Waals surface area contributed by atoms with Gasteiger partial charge in [0.2, 0.25) is 5.95 Å². The fraction of sp³-hybridized carbons (Fsp3) is 0.333. The number of hydrogen-bond acceptors (Lipinski definition) is 4. The molecule has 0 spiro atoms. The lowest BCUT2D eigenvalue weighted by Gasteiger charge is -2.29. The van der Waals surface area contributed by atoms with Gasteiger partial charge >= 0.3 is 7.59 Å².